The number of rotatable bonds is 49. The number of thioether (sulfide) groups is 1. The Hall–Kier alpha value is -2.45. The number of methoxy groups -OCH3 is 14. The number of hydrogen-bond donors (Lipinski definition) is 0. The molecule has 2 aromatic rings. The highest BCUT2D eigenvalue weighted by Crippen LogP contribution is 2.69. The fourth-order valence-electron chi connectivity index (χ4n) is 21.9. The highest BCUT2D eigenvalue weighted by Gasteiger charge is 2.62. The average Bonchev–Trinajstić information content (AvgIpc) is 1.54. The molecule has 1 aliphatic heterocycles. The summed E-state index contributed by atoms with van der Waals surface area (Å²) in [6.45, 7) is 38.5. The lowest BCUT2D eigenvalue weighted by molar-refractivity contribution is -0.242. The zero-order chi connectivity index (χ0) is 105. The topological polar surface area (TPSA) is 249 Å². The van der Waals surface area contributed by atoms with Crippen molar-refractivity contribution in [2.75, 3.05) is 197 Å². The third kappa shape index (κ3) is 62.5. The van der Waals surface area contributed by atoms with E-state index in [1.54, 1.807) is 125 Å². The van der Waals surface area contributed by atoms with Gasteiger partial charge in [-0.05, 0) is 324 Å². The third-order valence-corrected chi connectivity index (χ3v) is 30.1. The highest BCUT2D eigenvalue weighted by atomic mass is 32.2. The van der Waals surface area contributed by atoms with Gasteiger partial charge in [-0.15, -0.1) is 0 Å². The van der Waals surface area contributed by atoms with Crippen LogP contribution in [0.3, 0.4) is 0 Å². The molecular formula is C114H214O27S. The largest absolute Gasteiger partial charge is 0.491 e. The molecule has 12 saturated carbocycles. The van der Waals surface area contributed by atoms with E-state index in [2.05, 4.69) is 40.2 Å². The molecule has 0 aromatic heterocycles. The summed E-state index contributed by atoms with van der Waals surface area (Å²) < 4.78 is 138. The first kappa shape index (κ1) is 136. The minimum absolute atomic E-state index is 0.000000000000000444. The normalized spacial score (nSPS) is 26.9. The molecule has 27 nitrogen and oxygen atoms in total. The zero-order valence-corrected chi connectivity index (χ0v) is 95.9. The van der Waals surface area contributed by atoms with Crippen LogP contribution in [0.2, 0.25) is 0 Å². The van der Waals surface area contributed by atoms with Gasteiger partial charge in [-0.2, -0.15) is 11.8 Å². The minimum Gasteiger partial charge on any atom is -0.491 e. The Morgan fingerprint density at radius 1 is 0.380 bits per heavy atom. The van der Waals surface area contributed by atoms with Gasteiger partial charge in [0.1, 0.15) is 25.9 Å². The van der Waals surface area contributed by atoms with Crippen molar-refractivity contribution in [3.05, 3.63) is 66.2 Å². The Morgan fingerprint density at radius 3 is 1.28 bits per heavy atom. The molecule has 0 radical (unpaired) electrons. The number of ether oxygens (including phenoxy) is 27. The van der Waals surface area contributed by atoms with E-state index in [1.165, 1.54) is 160 Å². The molecule has 28 heteroatoms. The summed E-state index contributed by atoms with van der Waals surface area (Å²) in [5.41, 5.74) is 1.50. The third-order valence-electron chi connectivity index (χ3n) is 29.1. The van der Waals surface area contributed by atoms with Crippen molar-refractivity contribution in [2.45, 2.75) is 377 Å². The summed E-state index contributed by atoms with van der Waals surface area (Å²) in [6.07, 6.45) is 41.1. The van der Waals surface area contributed by atoms with E-state index in [-0.39, 0.29) is 74.8 Å². The molecule has 142 heavy (non-hydrogen) atoms. The van der Waals surface area contributed by atoms with Gasteiger partial charge in [0, 0.05) is 151 Å². The Balaban J connectivity index is 0.000000528. The molecule has 15 rings (SSSR count). The van der Waals surface area contributed by atoms with E-state index in [0.29, 0.717) is 45.4 Å². The standard InChI is InChI=1S/C17H28O2.C13H22O2.C12H22O2.C11H16O3.C11H22O2.C11H16O2.C9H18O2.C7H16O2.C6H14O2.C5H10O2S.C5H12O2.C4H10O2.C3H8O2/c1-10(18-2)19-6-5-11-7-14-9-15(11)17-13-4-3-12(8-13)16(14)17;1-9(14-2)15-13-6-10-3-11(7-13)5-12(4-10)8-13;1-9(13-2)14-6-5-12-8-10-3-4-11(12)7-10;1-10(12-2)13-8-9-14-11-6-4-3-5-7-11;2*1-10(12-2)13-9-8-11-6-4-3-5-7-11;1-8(10-2)11-9-6-4-3-5-7-9;1-6(2)5-9-7(3)8-4;1-4-6(7-3)8-5-2;1-6-5-4-8-3-2-7-5;1-4-7-5(2)6-3;1-3-6-4-5-2;1-4-3-5-2/h10-17H,3-9H2,1-2H3;9-12H,3-8H2,1-2H3;9-12H,3-8H2,1-2H3;3-7,10H,8-9H2,1-2H3;10-11H,3-9H2,1-2H3;3-7,10H,8-9H2,1-2H3;8-9H,3-7H2,1-2H3;6-7H,5H2,1-4H3;6H,4-5H2,1-3H3;5H,2-4H2,1H3;5H,4H2,1-3H3;3-4H2,1-2H3;3H2,1-2H3. The van der Waals surface area contributed by atoms with Crippen molar-refractivity contribution in [3.63, 3.8) is 0 Å². The first-order valence-corrected chi connectivity index (χ1v) is 55.8. The first-order chi connectivity index (χ1) is 68.6. The van der Waals surface area contributed by atoms with Crippen LogP contribution in [-0.4, -0.2) is 278 Å². The van der Waals surface area contributed by atoms with Crippen LogP contribution in [0.1, 0.15) is 296 Å². The van der Waals surface area contributed by atoms with Gasteiger partial charge in [0.15, 0.2) is 69.2 Å². The number of benzene rings is 2. The summed E-state index contributed by atoms with van der Waals surface area (Å²) in [7, 11) is 23.2. The van der Waals surface area contributed by atoms with Gasteiger partial charge in [0.05, 0.1) is 38.1 Å². The summed E-state index contributed by atoms with van der Waals surface area (Å²) >= 11 is 1.88. The van der Waals surface area contributed by atoms with Gasteiger partial charge in [0.25, 0.3) is 0 Å². The molecule has 21 unspecified atom stereocenters. The molecule has 10 bridgehead atoms. The number of hydrogen-bond acceptors (Lipinski definition) is 28. The quantitative estimate of drug-likeness (QED) is 0.0339. The second-order valence-electron chi connectivity index (χ2n) is 40.0. The lowest BCUT2D eigenvalue weighted by Crippen LogP contribution is -2.53. The van der Waals surface area contributed by atoms with Crippen LogP contribution in [0.15, 0.2) is 60.7 Å². The van der Waals surface area contributed by atoms with Gasteiger partial charge in [-0.1, -0.05) is 127 Å². The van der Waals surface area contributed by atoms with Crippen molar-refractivity contribution in [1.82, 2.24) is 0 Å². The molecule has 13 fully saturated rings. The summed E-state index contributed by atoms with van der Waals surface area (Å²) in [4.78, 5) is 0. The SMILES string of the molecule is CCOC(C)OC.CCOC(CC)OC.CCOCOC.COC(C)OC12CC3CC(CC(C3)C1)C2.COC(C)OC1CCCCC1.COC(C)OCC(C)C.COC(C)OCCC1CC2CC1C1C3CCC(C3)C21.COC(C)OCCC1CC2CCC1C2.COC(C)OCCC1CCCCC1.COC(C)OCCOc1ccccc1.COC(C)OCCc1ccccc1.COC1CSCCO1.COCOC. The zero-order valence-electron chi connectivity index (χ0n) is 95.1. The smallest absolute Gasteiger partial charge is 0.166 e. The van der Waals surface area contributed by atoms with Crippen molar-refractivity contribution in [3.8, 4) is 5.75 Å². The predicted octanol–water partition coefficient (Wildman–Crippen LogP) is 24.8. The van der Waals surface area contributed by atoms with Crippen molar-refractivity contribution >= 4 is 11.8 Å². The van der Waals surface area contributed by atoms with Gasteiger partial charge in [-0.25, -0.2) is 0 Å². The van der Waals surface area contributed by atoms with Gasteiger partial charge in [0.2, 0.25) is 0 Å². The van der Waals surface area contributed by atoms with Gasteiger partial charge < -0.3 is 128 Å². The molecule has 2 aromatic carbocycles. The monoisotopic (exact) mass is 2050 g/mol. The highest BCUT2D eigenvalue weighted by molar-refractivity contribution is 7.99. The van der Waals surface area contributed by atoms with Crippen molar-refractivity contribution in [2.24, 2.45) is 88.8 Å². The maximum atomic E-state index is 6.18. The van der Waals surface area contributed by atoms with Crippen LogP contribution in [-0.2, 0) is 130 Å². The lowest BCUT2D eigenvalue weighted by atomic mass is 9.54. The van der Waals surface area contributed by atoms with E-state index in [0.717, 1.165) is 166 Å². The minimum atomic E-state index is -0.172. The molecule has 12 aliphatic carbocycles. The Bertz CT molecular complexity index is 2990. The van der Waals surface area contributed by atoms with E-state index in [9.17, 15) is 0 Å². The molecule has 0 amide bonds. The van der Waals surface area contributed by atoms with Gasteiger partial charge >= 0.3 is 0 Å². The predicted molar refractivity (Wildman–Crippen MR) is 568 cm³/mol. The molecule has 1 heterocycles. The molecule has 0 spiro atoms. The average molecular weight is 2050 g/mol. The molecule has 21 atom stereocenters. The van der Waals surface area contributed by atoms with Crippen LogP contribution in [0.25, 0.3) is 0 Å². The first-order valence-electron chi connectivity index (χ1n) is 54.7. The molecule has 838 valence electrons. The van der Waals surface area contributed by atoms with Crippen LogP contribution >= 0.6 is 11.8 Å². The number of para-hydroxylation sites is 1. The Morgan fingerprint density at radius 2 is 0.859 bits per heavy atom. The molecule has 0 N–H and O–H groups in total. The molecule has 1 saturated heterocycles. The summed E-state index contributed by atoms with van der Waals surface area (Å²) in [6, 6.07) is 20.0. The Labute approximate surface area is 870 Å². The second-order valence-corrected chi connectivity index (χ2v) is 41.1. The lowest BCUT2D eigenvalue weighted by Gasteiger charge is -2.56. The maximum absolute atomic E-state index is 6.18. The van der Waals surface area contributed by atoms with Crippen LogP contribution < -0.4 is 4.74 Å². The van der Waals surface area contributed by atoms with E-state index < -0.39 is 0 Å². The van der Waals surface area contributed by atoms with Crippen molar-refractivity contribution in [1.29, 1.82) is 0 Å². The maximum Gasteiger partial charge on any atom is 0.166 e. The van der Waals surface area contributed by atoms with Crippen LogP contribution in [0.5, 0.6) is 5.75 Å². The fraction of sp³-hybridized carbons (Fsp3) is 0.895. The van der Waals surface area contributed by atoms with Gasteiger partial charge in [-0.3, -0.25) is 0 Å². The van der Waals surface area contributed by atoms with E-state index in [1.807, 2.05) is 150 Å². The molecule has 13 aliphatic rings. The Kier molecular flexibility index (Phi) is 83.1. The fourth-order valence-corrected chi connectivity index (χ4v) is 22.7. The molecular weight excluding hydrogens is 1830 g/mol. The van der Waals surface area contributed by atoms with E-state index in [4.69, 9.17) is 114 Å². The summed E-state index contributed by atoms with van der Waals surface area (Å²) in [5, 5.41) is 0. The van der Waals surface area contributed by atoms with E-state index >= 15 is 0 Å². The second kappa shape index (κ2) is 87.0. The van der Waals surface area contributed by atoms with Crippen molar-refractivity contribution < 1.29 is 128 Å². The summed E-state index contributed by atoms with van der Waals surface area (Å²) in [5.74, 6) is 18.0. The van der Waals surface area contributed by atoms with Crippen LogP contribution in [0, 0.1) is 88.8 Å². The van der Waals surface area contributed by atoms with Crippen LogP contribution in [0.4, 0.5) is 0 Å². The number of fused-ring (bicyclic) bond motifs is 11.